The van der Waals surface area contributed by atoms with Crippen LogP contribution in [0.25, 0.3) is 0 Å². The highest BCUT2D eigenvalue weighted by molar-refractivity contribution is 9.10. The first-order valence-electron chi connectivity index (χ1n) is 7.62. The van der Waals surface area contributed by atoms with Crippen molar-refractivity contribution in [2.24, 2.45) is 0 Å². The first kappa shape index (κ1) is 14.6. The molecule has 0 saturated heterocycles. The zero-order valence-electron chi connectivity index (χ0n) is 12.7. The SMILES string of the molecule is Cc1cc(OCC2CCCc3ccccc32)cc(C)c1Br. The van der Waals surface area contributed by atoms with E-state index in [0.717, 1.165) is 12.4 Å². The van der Waals surface area contributed by atoms with Crippen molar-refractivity contribution in [1.29, 1.82) is 0 Å². The Balaban J connectivity index is 1.74. The number of hydrogen-bond acceptors (Lipinski definition) is 1. The van der Waals surface area contributed by atoms with E-state index in [1.165, 1.54) is 46.0 Å². The molecule has 1 atom stereocenters. The van der Waals surface area contributed by atoms with Gasteiger partial charge in [0.1, 0.15) is 5.75 Å². The predicted octanol–water partition coefficient (Wildman–Crippen LogP) is 5.56. The molecule has 0 fully saturated rings. The van der Waals surface area contributed by atoms with Crippen LogP contribution in [0.5, 0.6) is 5.75 Å². The summed E-state index contributed by atoms with van der Waals surface area (Å²) in [5.41, 5.74) is 5.44. The molecule has 1 aliphatic carbocycles. The number of benzene rings is 2. The Bertz CT molecular complexity index is 625. The van der Waals surface area contributed by atoms with E-state index in [1.807, 2.05) is 0 Å². The fraction of sp³-hybridized carbons (Fsp3) is 0.368. The summed E-state index contributed by atoms with van der Waals surface area (Å²) in [4.78, 5) is 0. The molecule has 2 heteroatoms. The van der Waals surface area contributed by atoms with E-state index in [1.54, 1.807) is 0 Å². The van der Waals surface area contributed by atoms with E-state index >= 15 is 0 Å². The normalized spacial score (nSPS) is 17.4. The summed E-state index contributed by atoms with van der Waals surface area (Å²) < 4.78 is 7.28. The van der Waals surface area contributed by atoms with E-state index in [4.69, 9.17) is 4.74 Å². The number of hydrogen-bond donors (Lipinski definition) is 0. The molecule has 1 nitrogen and oxygen atoms in total. The monoisotopic (exact) mass is 344 g/mol. The average molecular weight is 345 g/mol. The minimum atomic E-state index is 0.527. The van der Waals surface area contributed by atoms with E-state index in [-0.39, 0.29) is 0 Å². The minimum absolute atomic E-state index is 0.527. The van der Waals surface area contributed by atoms with Gasteiger partial charge in [0, 0.05) is 10.4 Å². The van der Waals surface area contributed by atoms with Gasteiger partial charge >= 0.3 is 0 Å². The molecule has 110 valence electrons. The Morgan fingerprint density at radius 2 is 1.86 bits per heavy atom. The highest BCUT2D eigenvalue weighted by Crippen LogP contribution is 2.33. The number of fused-ring (bicyclic) bond motifs is 1. The molecule has 21 heavy (non-hydrogen) atoms. The summed E-state index contributed by atoms with van der Waals surface area (Å²) in [5, 5.41) is 0. The van der Waals surface area contributed by atoms with E-state index < -0.39 is 0 Å². The smallest absolute Gasteiger partial charge is 0.119 e. The van der Waals surface area contributed by atoms with Crippen LogP contribution in [-0.2, 0) is 6.42 Å². The third-order valence-corrected chi connectivity index (χ3v) is 5.61. The van der Waals surface area contributed by atoms with Gasteiger partial charge in [0.2, 0.25) is 0 Å². The fourth-order valence-corrected chi connectivity index (χ4v) is 3.44. The first-order chi connectivity index (χ1) is 10.1. The van der Waals surface area contributed by atoms with Crippen molar-refractivity contribution in [2.45, 2.75) is 39.0 Å². The number of halogens is 1. The Labute approximate surface area is 135 Å². The lowest BCUT2D eigenvalue weighted by molar-refractivity contribution is 0.274. The van der Waals surface area contributed by atoms with Gasteiger partial charge in [0.25, 0.3) is 0 Å². The predicted molar refractivity (Wildman–Crippen MR) is 91.2 cm³/mol. The van der Waals surface area contributed by atoms with Gasteiger partial charge in [-0.2, -0.15) is 0 Å². The fourth-order valence-electron chi connectivity index (χ4n) is 3.21. The van der Waals surface area contributed by atoms with Crippen LogP contribution in [0.15, 0.2) is 40.9 Å². The first-order valence-corrected chi connectivity index (χ1v) is 8.42. The third kappa shape index (κ3) is 3.16. The van der Waals surface area contributed by atoms with Crippen LogP contribution in [0.3, 0.4) is 0 Å². The van der Waals surface area contributed by atoms with E-state index in [2.05, 4.69) is 66.2 Å². The molecule has 3 rings (SSSR count). The zero-order valence-corrected chi connectivity index (χ0v) is 14.2. The summed E-state index contributed by atoms with van der Waals surface area (Å²) in [6, 6.07) is 13.0. The Hall–Kier alpha value is -1.28. The molecular weight excluding hydrogens is 324 g/mol. The van der Waals surface area contributed by atoms with Crippen LogP contribution in [0.2, 0.25) is 0 Å². The molecule has 1 aliphatic rings. The van der Waals surface area contributed by atoms with Crippen LogP contribution in [0.4, 0.5) is 0 Å². The molecule has 0 aliphatic heterocycles. The van der Waals surface area contributed by atoms with Crippen LogP contribution in [0, 0.1) is 13.8 Å². The van der Waals surface area contributed by atoms with Crippen molar-refractivity contribution in [3.63, 3.8) is 0 Å². The summed E-state index contributed by atoms with van der Waals surface area (Å²) in [7, 11) is 0. The Kier molecular flexibility index (Phi) is 4.34. The molecule has 0 heterocycles. The molecule has 0 amide bonds. The van der Waals surface area contributed by atoms with Crippen molar-refractivity contribution in [3.8, 4) is 5.75 Å². The van der Waals surface area contributed by atoms with Gasteiger partial charge in [-0.15, -0.1) is 0 Å². The largest absolute Gasteiger partial charge is 0.493 e. The highest BCUT2D eigenvalue weighted by Gasteiger charge is 2.20. The van der Waals surface area contributed by atoms with Gasteiger partial charge in [0.05, 0.1) is 6.61 Å². The zero-order chi connectivity index (χ0) is 14.8. The van der Waals surface area contributed by atoms with Gasteiger partial charge in [-0.3, -0.25) is 0 Å². The second-order valence-electron chi connectivity index (χ2n) is 5.97. The van der Waals surface area contributed by atoms with Gasteiger partial charge in [-0.05, 0) is 67.5 Å². The quantitative estimate of drug-likeness (QED) is 0.707. The van der Waals surface area contributed by atoms with Gasteiger partial charge in [0.15, 0.2) is 0 Å². The van der Waals surface area contributed by atoms with Crippen molar-refractivity contribution < 1.29 is 4.74 Å². The molecule has 2 aromatic rings. The van der Waals surface area contributed by atoms with Crippen LogP contribution < -0.4 is 4.74 Å². The van der Waals surface area contributed by atoms with Gasteiger partial charge < -0.3 is 4.74 Å². The maximum Gasteiger partial charge on any atom is 0.119 e. The molecule has 0 bridgehead atoms. The number of rotatable bonds is 3. The minimum Gasteiger partial charge on any atom is -0.493 e. The van der Waals surface area contributed by atoms with Crippen molar-refractivity contribution in [2.75, 3.05) is 6.61 Å². The van der Waals surface area contributed by atoms with Gasteiger partial charge in [-0.1, -0.05) is 40.2 Å². The topological polar surface area (TPSA) is 9.23 Å². The summed E-state index contributed by atoms with van der Waals surface area (Å²) in [5.74, 6) is 1.51. The maximum absolute atomic E-state index is 6.10. The third-order valence-electron chi connectivity index (χ3n) is 4.35. The van der Waals surface area contributed by atoms with E-state index in [9.17, 15) is 0 Å². The van der Waals surface area contributed by atoms with E-state index in [0.29, 0.717) is 5.92 Å². The molecular formula is C19H21BrO. The molecule has 0 N–H and O–H groups in total. The maximum atomic E-state index is 6.10. The number of ether oxygens (including phenoxy) is 1. The Morgan fingerprint density at radius 1 is 1.14 bits per heavy atom. The van der Waals surface area contributed by atoms with Crippen LogP contribution >= 0.6 is 15.9 Å². The van der Waals surface area contributed by atoms with Crippen molar-refractivity contribution in [3.05, 3.63) is 63.1 Å². The molecule has 1 unspecified atom stereocenters. The summed E-state index contributed by atoms with van der Waals surface area (Å²) >= 11 is 3.61. The molecule has 0 radical (unpaired) electrons. The molecule has 0 aromatic heterocycles. The van der Waals surface area contributed by atoms with Crippen molar-refractivity contribution >= 4 is 15.9 Å². The number of aryl methyl sites for hydroxylation is 3. The second kappa shape index (κ2) is 6.23. The standard InChI is InChI=1S/C19H21BrO/c1-13-10-17(11-14(2)19(13)20)21-12-16-8-5-7-15-6-3-4-9-18(15)16/h3-4,6,9-11,16H,5,7-8,12H2,1-2H3. The lowest BCUT2D eigenvalue weighted by atomic mass is 9.83. The molecule has 2 aromatic carbocycles. The average Bonchev–Trinajstić information content (AvgIpc) is 2.50. The Morgan fingerprint density at radius 3 is 2.62 bits per heavy atom. The van der Waals surface area contributed by atoms with Gasteiger partial charge in [-0.25, -0.2) is 0 Å². The lowest BCUT2D eigenvalue weighted by Crippen LogP contribution is -2.16. The van der Waals surface area contributed by atoms with Crippen LogP contribution in [0.1, 0.15) is 41.0 Å². The molecule has 0 saturated carbocycles. The summed E-state index contributed by atoms with van der Waals surface area (Å²) in [6.45, 7) is 5.00. The summed E-state index contributed by atoms with van der Waals surface area (Å²) in [6.07, 6.45) is 3.71. The highest BCUT2D eigenvalue weighted by atomic mass is 79.9. The lowest BCUT2D eigenvalue weighted by Gasteiger charge is -2.25. The van der Waals surface area contributed by atoms with Crippen LogP contribution in [-0.4, -0.2) is 6.61 Å². The molecule has 0 spiro atoms. The second-order valence-corrected chi connectivity index (χ2v) is 6.76. The van der Waals surface area contributed by atoms with Crippen molar-refractivity contribution in [1.82, 2.24) is 0 Å².